The summed E-state index contributed by atoms with van der Waals surface area (Å²) in [4.78, 5) is 22.6. The molecule has 21 heavy (non-hydrogen) atoms. The lowest BCUT2D eigenvalue weighted by Crippen LogP contribution is -2.38. The van der Waals surface area contributed by atoms with Crippen LogP contribution in [0.15, 0.2) is 18.2 Å². The summed E-state index contributed by atoms with van der Waals surface area (Å²) in [5.74, 6) is -4.27. The molecule has 0 saturated heterocycles. The van der Waals surface area contributed by atoms with E-state index in [1.807, 2.05) is 0 Å². The van der Waals surface area contributed by atoms with Crippen molar-refractivity contribution in [1.82, 2.24) is 5.32 Å². The van der Waals surface area contributed by atoms with E-state index in [9.17, 15) is 18.4 Å². The minimum absolute atomic E-state index is 0.167. The van der Waals surface area contributed by atoms with Crippen LogP contribution >= 0.6 is 0 Å². The fraction of sp³-hybridized carbons (Fsp3) is 0.429. The molecule has 0 bridgehead atoms. The van der Waals surface area contributed by atoms with Crippen molar-refractivity contribution < 1.29 is 28.2 Å². The van der Waals surface area contributed by atoms with E-state index in [1.165, 1.54) is 19.2 Å². The number of rotatable bonds is 6. The molecule has 1 aromatic rings. The van der Waals surface area contributed by atoms with Crippen LogP contribution in [0, 0.1) is 17.6 Å². The lowest BCUT2D eigenvalue weighted by atomic mass is 10.1. The molecule has 1 fully saturated rings. The molecule has 0 aliphatic heterocycles. The third-order valence-corrected chi connectivity index (χ3v) is 3.53. The number of benzene rings is 1. The van der Waals surface area contributed by atoms with Crippen molar-refractivity contribution in [2.24, 2.45) is 5.92 Å². The van der Waals surface area contributed by atoms with Crippen LogP contribution in [-0.4, -0.2) is 36.7 Å². The molecule has 2 rings (SSSR count). The number of amides is 1. The van der Waals surface area contributed by atoms with Crippen molar-refractivity contribution in [3.63, 3.8) is 0 Å². The molecule has 1 aromatic carbocycles. The third kappa shape index (κ3) is 3.36. The van der Waals surface area contributed by atoms with Gasteiger partial charge >= 0.3 is 5.97 Å². The van der Waals surface area contributed by atoms with Crippen LogP contribution in [-0.2, 0) is 14.3 Å². The quantitative estimate of drug-likeness (QED) is 0.830. The van der Waals surface area contributed by atoms with Crippen LogP contribution in [0.25, 0.3) is 0 Å². The molecule has 114 valence electrons. The van der Waals surface area contributed by atoms with Gasteiger partial charge in [-0.25, -0.2) is 13.6 Å². The molecule has 0 heterocycles. The number of ether oxygens (including phenoxy) is 1. The van der Waals surface area contributed by atoms with E-state index in [0.29, 0.717) is 6.42 Å². The van der Waals surface area contributed by atoms with Crippen molar-refractivity contribution in [3.05, 3.63) is 35.4 Å². The van der Waals surface area contributed by atoms with E-state index in [0.717, 1.165) is 6.07 Å². The van der Waals surface area contributed by atoms with Crippen molar-refractivity contribution in [2.75, 3.05) is 13.7 Å². The number of hydrogen-bond acceptors (Lipinski definition) is 3. The Hall–Kier alpha value is -2.02. The molecule has 3 atom stereocenters. The Balaban J connectivity index is 1.92. The van der Waals surface area contributed by atoms with Crippen molar-refractivity contribution in [2.45, 2.75) is 18.4 Å². The minimum Gasteiger partial charge on any atom is -0.479 e. The second kappa shape index (κ2) is 6.17. The van der Waals surface area contributed by atoms with E-state index < -0.39 is 29.6 Å². The van der Waals surface area contributed by atoms with E-state index in [-0.39, 0.29) is 23.9 Å². The molecule has 1 saturated carbocycles. The largest absolute Gasteiger partial charge is 0.479 e. The topological polar surface area (TPSA) is 75.6 Å². The number of halogens is 2. The van der Waals surface area contributed by atoms with Crippen LogP contribution in [0.1, 0.15) is 17.9 Å². The highest BCUT2D eigenvalue weighted by molar-refractivity contribution is 5.83. The highest BCUT2D eigenvalue weighted by Gasteiger charge is 2.45. The normalized spacial score (nSPS) is 21.7. The number of carboxylic acids is 1. The first-order valence-electron chi connectivity index (χ1n) is 6.43. The van der Waals surface area contributed by atoms with Gasteiger partial charge < -0.3 is 15.2 Å². The maximum atomic E-state index is 13.6. The molecule has 0 radical (unpaired) electrons. The van der Waals surface area contributed by atoms with Gasteiger partial charge in [-0.2, -0.15) is 0 Å². The summed E-state index contributed by atoms with van der Waals surface area (Å²) in [6, 6.07) is 3.87. The molecule has 2 N–H and O–H groups in total. The van der Waals surface area contributed by atoms with E-state index in [1.54, 1.807) is 0 Å². The first kappa shape index (κ1) is 15.4. The fourth-order valence-electron chi connectivity index (χ4n) is 2.23. The highest BCUT2D eigenvalue weighted by atomic mass is 19.2. The number of carbonyl (C=O) groups excluding carboxylic acids is 1. The van der Waals surface area contributed by atoms with E-state index >= 15 is 0 Å². The molecule has 1 amide bonds. The Morgan fingerprint density at radius 1 is 1.48 bits per heavy atom. The first-order chi connectivity index (χ1) is 9.95. The Morgan fingerprint density at radius 2 is 2.19 bits per heavy atom. The number of carboxylic acid groups (broad SMARTS) is 1. The third-order valence-electron chi connectivity index (χ3n) is 3.53. The zero-order valence-electron chi connectivity index (χ0n) is 11.3. The van der Waals surface area contributed by atoms with Gasteiger partial charge in [0.25, 0.3) is 0 Å². The average Bonchev–Trinajstić information content (AvgIpc) is 3.22. The summed E-state index contributed by atoms with van der Waals surface area (Å²) in [6.07, 6.45) is -0.714. The predicted octanol–water partition coefficient (Wildman–Crippen LogP) is 1.28. The van der Waals surface area contributed by atoms with Gasteiger partial charge in [-0.3, -0.25) is 4.79 Å². The Morgan fingerprint density at radius 3 is 2.81 bits per heavy atom. The Labute approximate surface area is 119 Å². The minimum atomic E-state index is -1.18. The van der Waals surface area contributed by atoms with Crippen molar-refractivity contribution >= 4 is 11.9 Å². The molecular formula is C14H15F2NO4. The smallest absolute Gasteiger partial charge is 0.334 e. The first-order valence-corrected chi connectivity index (χ1v) is 6.43. The second-order valence-corrected chi connectivity index (χ2v) is 4.90. The number of nitrogens with one attached hydrogen (secondary N) is 1. The van der Waals surface area contributed by atoms with E-state index in [4.69, 9.17) is 5.11 Å². The lowest BCUT2D eigenvalue weighted by Gasteiger charge is -2.11. The molecular weight excluding hydrogens is 284 g/mol. The van der Waals surface area contributed by atoms with Gasteiger partial charge in [0.2, 0.25) is 5.91 Å². The zero-order chi connectivity index (χ0) is 15.6. The lowest BCUT2D eigenvalue weighted by molar-refractivity contribution is -0.148. The molecule has 1 aliphatic carbocycles. The number of carbonyl (C=O) groups is 2. The highest BCUT2D eigenvalue weighted by Crippen LogP contribution is 2.48. The van der Waals surface area contributed by atoms with Gasteiger partial charge in [-0.05, 0) is 24.0 Å². The van der Waals surface area contributed by atoms with Crippen LogP contribution in [0.3, 0.4) is 0 Å². The summed E-state index contributed by atoms with van der Waals surface area (Å²) in [6.45, 7) is -0.167. The predicted molar refractivity (Wildman–Crippen MR) is 68.6 cm³/mol. The number of hydrogen-bond donors (Lipinski definition) is 2. The average molecular weight is 299 g/mol. The van der Waals surface area contributed by atoms with Gasteiger partial charge in [0, 0.05) is 13.0 Å². The van der Waals surface area contributed by atoms with Crippen LogP contribution in [0.2, 0.25) is 0 Å². The molecule has 0 aromatic heterocycles. The van der Waals surface area contributed by atoms with Crippen LogP contribution < -0.4 is 5.32 Å². The molecule has 3 unspecified atom stereocenters. The summed E-state index contributed by atoms with van der Waals surface area (Å²) in [5, 5.41) is 11.2. The second-order valence-electron chi connectivity index (χ2n) is 4.90. The van der Waals surface area contributed by atoms with Gasteiger partial charge in [0.1, 0.15) is 0 Å². The van der Waals surface area contributed by atoms with E-state index in [2.05, 4.69) is 10.1 Å². The maximum absolute atomic E-state index is 13.6. The molecule has 0 spiro atoms. The standard InChI is InChI=1S/C14H15F2NO4/c1-21-11(14(19)20)6-17-13(18)9-5-8(9)7-3-2-4-10(15)12(7)16/h2-4,8-9,11H,5-6H2,1H3,(H,17,18)(H,19,20). The summed E-state index contributed by atoms with van der Waals surface area (Å²) < 4.78 is 31.4. The summed E-state index contributed by atoms with van der Waals surface area (Å²) >= 11 is 0. The van der Waals surface area contributed by atoms with Crippen molar-refractivity contribution in [1.29, 1.82) is 0 Å². The van der Waals surface area contributed by atoms with Crippen LogP contribution in [0.5, 0.6) is 0 Å². The van der Waals surface area contributed by atoms with Gasteiger partial charge in [-0.1, -0.05) is 12.1 Å². The molecule has 7 heteroatoms. The monoisotopic (exact) mass is 299 g/mol. The fourth-order valence-corrected chi connectivity index (χ4v) is 2.23. The maximum Gasteiger partial charge on any atom is 0.334 e. The Kier molecular flexibility index (Phi) is 4.52. The van der Waals surface area contributed by atoms with Gasteiger partial charge in [0.05, 0.1) is 6.54 Å². The van der Waals surface area contributed by atoms with Gasteiger partial charge in [0.15, 0.2) is 17.7 Å². The van der Waals surface area contributed by atoms with Gasteiger partial charge in [-0.15, -0.1) is 0 Å². The Bertz CT molecular complexity index is 564. The summed E-state index contributed by atoms with van der Waals surface area (Å²) in [5.41, 5.74) is 0.177. The SMILES string of the molecule is COC(CNC(=O)C1CC1c1cccc(F)c1F)C(=O)O. The summed E-state index contributed by atoms with van der Waals surface area (Å²) in [7, 11) is 1.23. The number of methoxy groups -OCH3 is 1. The van der Waals surface area contributed by atoms with Crippen LogP contribution in [0.4, 0.5) is 8.78 Å². The molecule has 1 aliphatic rings. The zero-order valence-corrected chi connectivity index (χ0v) is 11.3. The van der Waals surface area contributed by atoms with Crippen molar-refractivity contribution in [3.8, 4) is 0 Å². The number of aliphatic carboxylic acids is 1. The molecule has 5 nitrogen and oxygen atoms in total.